The molecule has 0 radical (unpaired) electrons. The lowest BCUT2D eigenvalue weighted by Crippen LogP contribution is -3.00. The van der Waals surface area contributed by atoms with E-state index in [1.807, 2.05) is 0 Å². The molecule has 0 spiro atoms. The second-order valence-electron chi connectivity index (χ2n) is 5.24. The normalized spacial score (nSPS) is 9.50. The average molecular weight is 385 g/mol. The van der Waals surface area contributed by atoms with Crippen LogP contribution in [0.5, 0.6) is 0 Å². The molecule has 0 bridgehead atoms. The Morgan fingerprint density at radius 2 is 1.70 bits per heavy atom. The summed E-state index contributed by atoms with van der Waals surface area (Å²) in [5.41, 5.74) is 1.34. The van der Waals surface area contributed by atoms with Crippen molar-refractivity contribution in [2.75, 3.05) is 0 Å². The van der Waals surface area contributed by atoms with Gasteiger partial charge in [0.15, 0.2) is 12.4 Å². The van der Waals surface area contributed by atoms with Crippen molar-refractivity contribution >= 4 is 0 Å². The third kappa shape index (κ3) is 10.3. The molecule has 1 aromatic heterocycles. The Morgan fingerprint density at radius 1 is 1.00 bits per heavy atom. The summed E-state index contributed by atoms with van der Waals surface area (Å²) < 4.78 is 2.29. The van der Waals surface area contributed by atoms with Crippen LogP contribution in [0.2, 0.25) is 0 Å². The molecule has 20 heavy (non-hydrogen) atoms. The molecule has 1 heterocycles. The molecule has 0 atom stereocenters. The number of hydrogen-bond acceptors (Lipinski definition) is 0. The van der Waals surface area contributed by atoms with E-state index in [2.05, 4.69) is 54.8 Å². The van der Waals surface area contributed by atoms with Gasteiger partial charge in [0.1, 0.15) is 6.54 Å². The molecule has 112 valence electrons. The number of rotatable bonds is 8. The van der Waals surface area contributed by atoms with Gasteiger partial charge in [-0.2, -0.15) is 0 Å². The number of aromatic nitrogens is 1. The Labute approximate surface area is 142 Å². The molecule has 1 aromatic rings. The molecule has 2 heteroatoms. The van der Waals surface area contributed by atoms with Gasteiger partial charge >= 0.3 is 0 Å². The Kier molecular flexibility index (Phi) is 13.0. The summed E-state index contributed by atoms with van der Waals surface area (Å²) in [6.45, 7) is 5.51. The topological polar surface area (TPSA) is 3.88 Å². The van der Waals surface area contributed by atoms with Crippen LogP contribution in [0.4, 0.5) is 0 Å². The third-order valence-corrected chi connectivity index (χ3v) is 3.25. The Hall–Kier alpha value is -0.560. The lowest BCUT2D eigenvalue weighted by molar-refractivity contribution is -0.697. The zero-order valence-electron chi connectivity index (χ0n) is 13.0. The molecule has 0 aliphatic heterocycles. The smallest absolute Gasteiger partial charge is 0.171 e. The maximum absolute atomic E-state index is 3.28. The predicted molar refractivity (Wildman–Crippen MR) is 81.8 cm³/mol. The van der Waals surface area contributed by atoms with Gasteiger partial charge in [-0.15, -0.1) is 11.8 Å². The van der Waals surface area contributed by atoms with Crippen molar-refractivity contribution in [1.82, 2.24) is 0 Å². The largest absolute Gasteiger partial charge is 1.00 e. The van der Waals surface area contributed by atoms with Crippen molar-refractivity contribution in [2.45, 2.75) is 71.8 Å². The van der Waals surface area contributed by atoms with Crippen LogP contribution in [-0.4, -0.2) is 0 Å². The average Bonchev–Trinajstić information content (AvgIpc) is 2.41. The summed E-state index contributed by atoms with van der Waals surface area (Å²) >= 11 is 0. The summed E-state index contributed by atoms with van der Waals surface area (Å²) in [6, 6.07) is 4.27. The Morgan fingerprint density at radius 3 is 2.40 bits per heavy atom. The van der Waals surface area contributed by atoms with Crippen molar-refractivity contribution in [3.05, 3.63) is 30.1 Å². The van der Waals surface area contributed by atoms with E-state index in [9.17, 15) is 0 Å². The van der Waals surface area contributed by atoms with Gasteiger partial charge in [-0.25, -0.2) is 4.57 Å². The van der Waals surface area contributed by atoms with Gasteiger partial charge in [-0.1, -0.05) is 19.8 Å². The monoisotopic (exact) mass is 385 g/mol. The van der Waals surface area contributed by atoms with Crippen molar-refractivity contribution < 1.29 is 28.5 Å². The van der Waals surface area contributed by atoms with E-state index in [0.717, 1.165) is 19.4 Å². The van der Waals surface area contributed by atoms with Crippen molar-refractivity contribution in [2.24, 2.45) is 0 Å². The fraction of sp³-hybridized carbons (Fsp3) is 0.611. The highest BCUT2D eigenvalue weighted by atomic mass is 127. The first-order valence-electron chi connectivity index (χ1n) is 7.74. The summed E-state index contributed by atoms with van der Waals surface area (Å²) in [6.07, 6.45) is 14.2. The van der Waals surface area contributed by atoms with Gasteiger partial charge in [0.25, 0.3) is 0 Å². The summed E-state index contributed by atoms with van der Waals surface area (Å²) in [7, 11) is 0. The standard InChI is InChI=1S/C18H28N.HI/c1-3-4-5-6-7-8-9-10-11-12-15-19-16-13-14-18(2)17-19;/h13-14,16-17H,3-5,8-12,15H2,1-2H3;1H/q+1;/p-1. The number of nitrogens with zero attached hydrogens (tertiary/aromatic N) is 1. The molecule has 0 unspecified atom stereocenters. The van der Waals surface area contributed by atoms with Gasteiger partial charge in [0, 0.05) is 30.9 Å². The third-order valence-electron chi connectivity index (χ3n) is 3.25. The summed E-state index contributed by atoms with van der Waals surface area (Å²) in [5.74, 6) is 6.54. The highest BCUT2D eigenvalue weighted by Gasteiger charge is 1.99. The Balaban J connectivity index is 0.00000361. The van der Waals surface area contributed by atoms with Gasteiger partial charge in [0.2, 0.25) is 0 Å². The van der Waals surface area contributed by atoms with Gasteiger partial charge in [-0.05, 0) is 32.3 Å². The van der Waals surface area contributed by atoms with Gasteiger partial charge in [-0.3, -0.25) is 0 Å². The molecule has 0 fully saturated rings. The second kappa shape index (κ2) is 13.4. The van der Waals surface area contributed by atoms with E-state index in [1.54, 1.807) is 0 Å². The van der Waals surface area contributed by atoms with Gasteiger partial charge < -0.3 is 24.0 Å². The van der Waals surface area contributed by atoms with Crippen LogP contribution >= 0.6 is 0 Å². The number of aryl methyl sites for hydroxylation is 2. The molecule has 1 rings (SSSR count). The van der Waals surface area contributed by atoms with E-state index < -0.39 is 0 Å². The maximum Gasteiger partial charge on any atom is 0.171 e. The molecule has 0 amide bonds. The van der Waals surface area contributed by atoms with E-state index >= 15 is 0 Å². The molecular weight excluding hydrogens is 357 g/mol. The second-order valence-corrected chi connectivity index (χ2v) is 5.24. The van der Waals surface area contributed by atoms with Crippen LogP contribution in [0.1, 0.15) is 63.9 Å². The van der Waals surface area contributed by atoms with E-state index in [0.29, 0.717) is 0 Å². The van der Waals surface area contributed by atoms with E-state index in [4.69, 9.17) is 0 Å². The quantitative estimate of drug-likeness (QED) is 0.276. The fourth-order valence-corrected chi connectivity index (χ4v) is 2.10. The minimum Gasteiger partial charge on any atom is -1.00 e. The first-order chi connectivity index (χ1) is 9.33. The van der Waals surface area contributed by atoms with Crippen LogP contribution < -0.4 is 28.5 Å². The van der Waals surface area contributed by atoms with Crippen LogP contribution in [0.3, 0.4) is 0 Å². The van der Waals surface area contributed by atoms with Crippen LogP contribution in [0.25, 0.3) is 0 Å². The minimum absolute atomic E-state index is 0. The molecule has 0 saturated heterocycles. The molecule has 0 aliphatic carbocycles. The molecule has 0 aliphatic rings. The van der Waals surface area contributed by atoms with Crippen LogP contribution in [-0.2, 0) is 6.54 Å². The predicted octanol–water partition coefficient (Wildman–Crippen LogP) is 1.43. The van der Waals surface area contributed by atoms with Crippen LogP contribution in [0.15, 0.2) is 24.5 Å². The number of pyridine rings is 1. The number of unbranched alkanes of at least 4 members (excludes halogenated alkanes) is 6. The minimum atomic E-state index is 0. The van der Waals surface area contributed by atoms with Crippen LogP contribution in [0, 0.1) is 18.8 Å². The van der Waals surface area contributed by atoms with E-state index in [1.165, 1.54) is 44.1 Å². The Bertz CT molecular complexity index is 403. The van der Waals surface area contributed by atoms with E-state index in [-0.39, 0.29) is 24.0 Å². The molecule has 0 saturated carbocycles. The molecule has 0 N–H and O–H groups in total. The fourth-order valence-electron chi connectivity index (χ4n) is 2.10. The summed E-state index contributed by atoms with van der Waals surface area (Å²) in [4.78, 5) is 0. The lowest BCUT2D eigenvalue weighted by atomic mass is 10.1. The molecule has 0 aromatic carbocycles. The van der Waals surface area contributed by atoms with Crippen molar-refractivity contribution in [3.63, 3.8) is 0 Å². The highest BCUT2D eigenvalue weighted by molar-refractivity contribution is 5.01. The zero-order chi connectivity index (χ0) is 13.8. The first kappa shape index (κ1) is 19.4. The maximum atomic E-state index is 3.28. The van der Waals surface area contributed by atoms with Gasteiger partial charge in [0.05, 0.1) is 0 Å². The molecular formula is C18H28IN. The SMILES string of the molecule is CCCCC#CCCCCCC[n+]1cccc(C)c1.[I-]. The number of halogens is 1. The zero-order valence-corrected chi connectivity index (χ0v) is 15.2. The van der Waals surface area contributed by atoms with Crippen molar-refractivity contribution in [1.29, 1.82) is 0 Å². The lowest BCUT2D eigenvalue weighted by Gasteiger charge is -1.98. The molecule has 1 nitrogen and oxygen atoms in total. The first-order valence-corrected chi connectivity index (χ1v) is 7.74. The summed E-state index contributed by atoms with van der Waals surface area (Å²) in [5, 5.41) is 0. The number of hydrogen-bond donors (Lipinski definition) is 0. The highest BCUT2D eigenvalue weighted by Crippen LogP contribution is 2.02. The van der Waals surface area contributed by atoms with Crippen molar-refractivity contribution in [3.8, 4) is 11.8 Å².